The molecule has 120 valence electrons. The average molecular weight is 305 g/mol. The first kappa shape index (κ1) is 15.2. The number of hydroxylamine groups is 1. The molecule has 0 saturated carbocycles. The first-order valence-corrected chi connectivity index (χ1v) is 7.82. The normalized spacial score (nSPS) is 23.5. The minimum absolute atomic E-state index is 0.321. The molecule has 22 heavy (non-hydrogen) atoms. The van der Waals surface area contributed by atoms with Crippen molar-refractivity contribution in [2.24, 2.45) is 0 Å². The fourth-order valence-corrected chi connectivity index (χ4v) is 2.66. The van der Waals surface area contributed by atoms with Crippen LogP contribution < -0.4 is 15.0 Å². The molecule has 0 aromatic heterocycles. The van der Waals surface area contributed by atoms with Crippen LogP contribution in [0.2, 0.25) is 0 Å². The maximum Gasteiger partial charge on any atom is 0.161 e. The van der Waals surface area contributed by atoms with Gasteiger partial charge in [0.05, 0.1) is 26.0 Å². The molecular formula is C17H23NO4. The number of rotatable bonds is 6. The summed E-state index contributed by atoms with van der Waals surface area (Å²) in [6.07, 6.45) is 5.11. The summed E-state index contributed by atoms with van der Waals surface area (Å²) in [5, 5.41) is 0. The molecule has 3 rings (SSSR count). The van der Waals surface area contributed by atoms with Crippen LogP contribution in [-0.2, 0) is 9.57 Å². The lowest BCUT2D eigenvalue weighted by Crippen LogP contribution is -2.29. The van der Waals surface area contributed by atoms with Gasteiger partial charge in [0.2, 0.25) is 0 Å². The Bertz CT molecular complexity index is 550. The third kappa shape index (κ3) is 3.05. The Morgan fingerprint density at radius 2 is 2.23 bits per heavy atom. The summed E-state index contributed by atoms with van der Waals surface area (Å²) in [6, 6.07) is 5.92. The summed E-state index contributed by atoms with van der Waals surface area (Å²) >= 11 is 0. The van der Waals surface area contributed by atoms with Crippen LogP contribution in [0, 0.1) is 0 Å². The van der Waals surface area contributed by atoms with Gasteiger partial charge >= 0.3 is 0 Å². The van der Waals surface area contributed by atoms with Crippen molar-refractivity contribution in [1.82, 2.24) is 5.48 Å². The molecule has 1 aromatic carbocycles. The average Bonchev–Trinajstić information content (AvgIpc) is 3.18. The molecule has 5 nitrogen and oxygen atoms in total. The van der Waals surface area contributed by atoms with Gasteiger partial charge in [0.25, 0.3) is 0 Å². The Hall–Kier alpha value is -1.72. The van der Waals surface area contributed by atoms with Gasteiger partial charge in [-0.15, -0.1) is 0 Å². The van der Waals surface area contributed by atoms with Gasteiger partial charge in [0.1, 0.15) is 5.60 Å². The molecule has 0 radical (unpaired) electrons. The van der Waals surface area contributed by atoms with Crippen molar-refractivity contribution in [3.8, 4) is 11.5 Å². The number of ether oxygens (including phenoxy) is 3. The molecule has 0 bridgehead atoms. The first-order valence-electron chi connectivity index (χ1n) is 7.82. The zero-order valence-corrected chi connectivity index (χ0v) is 13.2. The summed E-state index contributed by atoms with van der Waals surface area (Å²) in [7, 11) is 1.66. The third-order valence-electron chi connectivity index (χ3n) is 4.02. The predicted molar refractivity (Wildman–Crippen MR) is 83.8 cm³/mol. The summed E-state index contributed by atoms with van der Waals surface area (Å²) in [5.74, 6) is 1.51. The second-order valence-electron chi connectivity index (χ2n) is 5.70. The lowest BCUT2D eigenvalue weighted by Gasteiger charge is -2.15. The minimum atomic E-state index is -0.321. The van der Waals surface area contributed by atoms with E-state index in [9.17, 15) is 0 Å². The Morgan fingerprint density at radius 1 is 1.32 bits per heavy atom. The number of methoxy groups -OCH3 is 1. The van der Waals surface area contributed by atoms with Crippen molar-refractivity contribution in [2.75, 3.05) is 26.9 Å². The Labute approximate surface area is 131 Å². The van der Waals surface area contributed by atoms with E-state index in [2.05, 4.69) is 18.5 Å². The number of benzene rings is 1. The highest BCUT2D eigenvalue weighted by molar-refractivity contribution is 5.68. The molecule has 1 aromatic rings. The van der Waals surface area contributed by atoms with Crippen LogP contribution >= 0.6 is 0 Å². The Kier molecular flexibility index (Phi) is 4.55. The van der Waals surface area contributed by atoms with Crippen molar-refractivity contribution in [3.63, 3.8) is 0 Å². The fourth-order valence-electron chi connectivity index (χ4n) is 2.66. The minimum Gasteiger partial charge on any atom is -0.493 e. The SMILES string of the molecule is CCCCOc1cc(C2=CC3(CCOC3)ON2)ccc1OC. The van der Waals surface area contributed by atoms with E-state index in [1.807, 2.05) is 18.2 Å². The van der Waals surface area contributed by atoms with Crippen LogP contribution in [0.4, 0.5) is 0 Å². The van der Waals surface area contributed by atoms with Gasteiger partial charge in [0, 0.05) is 18.6 Å². The molecule has 0 aliphatic carbocycles. The van der Waals surface area contributed by atoms with Crippen molar-refractivity contribution < 1.29 is 19.0 Å². The summed E-state index contributed by atoms with van der Waals surface area (Å²) in [4.78, 5) is 5.72. The molecule has 0 amide bonds. The summed E-state index contributed by atoms with van der Waals surface area (Å²) in [6.45, 7) is 4.17. The largest absolute Gasteiger partial charge is 0.493 e. The smallest absolute Gasteiger partial charge is 0.161 e. The number of unbranched alkanes of at least 4 members (excludes halogenated alkanes) is 1. The zero-order valence-electron chi connectivity index (χ0n) is 13.2. The quantitative estimate of drug-likeness (QED) is 0.819. The van der Waals surface area contributed by atoms with Gasteiger partial charge in [-0.3, -0.25) is 10.3 Å². The van der Waals surface area contributed by atoms with Gasteiger partial charge in [-0.05, 0) is 30.7 Å². The summed E-state index contributed by atoms with van der Waals surface area (Å²) < 4.78 is 16.6. The van der Waals surface area contributed by atoms with Crippen LogP contribution in [0.1, 0.15) is 31.7 Å². The molecule has 1 fully saturated rings. The van der Waals surface area contributed by atoms with E-state index in [0.29, 0.717) is 13.2 Å². The molecule has 1 N–H and O–H groups in total. The molecule has 2 aliphatic heterocycles. The van der Waals surface area contributed by atoms with E-state index in [0.717, 1.165) is 48.6 Å². The molecule has 1 saturated heterocycles. The van der Waals surface area contributed by atoms with E-state index in [1.54, 1.807) is 7.11 Å². The predicted octanol–water partition coefficient (Wildman–Crippen LogP) is 2.91. The van der Waals surface area contributed by atoms with Crippen LogP contribution in [0.15, 0.2) is 24.3 Å². The van der Waals surface area contributed by atoms with Crippen molar-refractivity contribution in [1.29, 1.82) is 0 Å². The standard InChI is InChI=1S/C17H23NO4/c1-3-4-8-21-16-10-13(5-6-15(16)19-2)14-11-17(22-18-14)7-9-20-12-17/h5-6,10-11,18H,3-4,7-9,12H2,1-2H3. The van der Waals surface area contributed by atoms with Gasteiger partial charge < -0.3 is 14.2 Å². The lowest BCUT2D eigenvalue weighted by atomic mass is 10.0. The zero-order chi connectivity index (χ0) is 15.4. The molecule has 2 heterocycles. The highest BCUT2D eigenvalue weighted by atomic mass is 16.7. The first-order chi connectivity index (χ1) is 10.8. The van der Waals surface area contributed by atoms with Crippen LogP contribution in [-0.4, -0.2) is 32.5 Å². The van der Waals surface area contributed by atoms with Crippen LogP contribution in [0.25, 0.3) is 5.70 Å². The monoisotopic (exact) mass is 305 g/mol. The molecule has 2 aliphatic rings. The number of hydrogen-bond donors (Lipinski definition) is 1. The van der Waals surface area contributed by atoms with Crippen molar-refractivity contribution in [3.05, 3.63) is 29.8 Å². The topological polar surface area (TPSA) is 49.0 Å². The van der Waals surface area contributed by atoms with E-state index in [4.69, 9.17) is 19.0 Å². The second-order valence-corrected chi connectivity index (χ2v) is 5.70. The lowest BCUT2D eigenvalue weighted by molar-refractivity contribution is -0.0373. The van der Waals surface area contributed by atoms with E-state index >= 15 is 0 Å². The van der Waals surface area contributed by atoms with E-state index in [1.165, 1.54) is 0 Å². The fraction of sp³-hybridized carbons (Fsp3) is 0.529. The maximum atomic E-state index is 5.84. The maximum absolute atomic E-state index is 5.84. The Morgan fingerprint density at radius 3 is 2.95 bits per heavy atom. The summed E-state index contributed by atoms with van der Waals surface area (Å²) in [5.41, 5.74) is 4.68. The van der Waals surface area contributed by atoms with Crippen LogP contribution in [0.3, 0.4) is 0 Å². The number of hydrogen-bond acceptors (Lipinski definition) is 5. The van der Waals surface area contributed by atoms with Crippen LogP contribution in [0.5, 0.6) is 11.5 Å². The molecule has 5 heteroatoms. The molecule has 1 spiro atoms. The van der Waals surface area contributed by atoms with Gasteiger partial charge in [-0.1, -0.05) is 13.3 Å². The molecule has 1 unspecified atom stereocenters. The van der Waals surface area contributed by atoms with Gasteiger partial charge in [-0.2, -0.15) is 0 Å². The molecular weight excluding hydrogens is 282 g/mol. The number of nitrogens with one attached hydrogen (secondary N) is 1. The third-order valence-corrected chi connectivity index (χ3v) is 4.02. The molecule has 1 atom stereocenters. The van der Waals surface area contributed by atoms with Crippen molar-refractivity contribution in [2.45, 2.75) is 31.8 Å². The van der Waals surface area contributed by atoms with E-state index in [-0.39, 0.29) is 5.60 Å². The Balaban J connectivity index is 1.80. The van der Waals surface area contributed by atoms with E-state index < -0.39 is 0 Å². The van der Waals surface area contributed by atoms with Gasteiger partial charge in [0.15, 0.2) is 11.5 Å². The van der Waals surface area contributed by atoms with Crippen molar-refractivity contribution >= 4 is 5.70 Å². The highest BCUT2D eigenvalue weighted by Gasteiger charge is 2.39. The van der Waals surface area contributed by atoms with Gasteiger partial charge in [-0.25, -0.2) is 0 Å². The highest BCUT2D eigenvalue weighted by Crippen LogP contribution is 2.35. The second kappa shape index (κ2) is 6.58.